The van der Waals surface area contributed by atoms with Crippen molar-refractivity contribution in [3.63, 3.8) is 0 Å². The lowest BCUT2D eigenvalue weighted by Crippen LogP contribution is -2.30. The zero-order valence-electron chi connectivity index (χ0n) is 17.9. The average Bonchev–Trinajstić information content (AvgIpc) is 3.30. The van der Waals surface area contributed by atoms with E-state index in [1.807, 2.05) is 0 Å². The third-order valence-corrected chi connectivity index (χ3v) is 6.56. The van der Waals surface area contributed by atoms with Crippen molar-refractivity contribution in [2.45, 2.75) is 52.1 Å². The second kappa shape index (κ2) is 9.52. The number of fused-ring (bicyclic) bond motifs is 2. The van der Waals surface area contributed by atoms with Gasteiger partial charge in [-0.2, -0.15) is 0 Å². The lowest BCUT2D eigenvalue weighted by molar-refractivity contribution is -0.123. The molecular formula is C23H24N2O6S. The first kappa shape index (κ1) is 22.0. The summed E-state index contributed by atoms with van der Waals surface area (Å²) in [5.41, 5.74) is 2.73. The van der Waals surface area contributed by atoms with Crippen LogP contribution in [0, 0.1) is 0 Å². The summed E-state index contributed by atoms with van der Waals surface area (Å²) in [6.45, 7) is 3.49. The highest BCUT2D eigenvalue weighted by molar-refractivity contribution is 7.17. The van der Waals surface area contributed by atoms with Crippen LogP contribution in [0.3, 0.4) is 0 Å². The van der Waals surface area contributed by atoms with Gasteiger partial charge in [-0.25, -0.2) is 14.6 Å². The number of nitrogens with zero attached hydrogens (tertiary/aromatic N) is 1. The normalized spacial score (nSPS) is 14.3. The van der Waals surface area contributed by atoms with E-state index in [-0.39, 0.29) is 12.2 Å². The lowest BCUT2D eigenvalue weighted by atomic mass is 10.1. The molecule has 1 unspecified atom stereocenters. The van der Waals surface area contributed by atoms with Crippen LogP contribution in [-0.2, 0) is 27.1 Å². The van der Waals surface area contributed by atoms with Crippen molar-refractivity contribution < 1.29 is 28.3 Å². The Morgan fingerprint density at radius 1 is 1.19 bits per heavy atom. The van der Waals surface area contributed by atoms with Crippen LogP contribution >= 0.6 is 11.3 Å². The largest absolute Gasteiger partial charge is 0.462 e. The summed E-state index contributed by atoms with van der Waals surface area (Å²) < 4.78 is 15.8. The summed E-state index contributed by atoms with van der Waals surface area (Å²) in [5.74, 6) is -1.60. The summed E-state index contributed by atoms with van der Waals surface area (Å²) in [6, 6.07) is 4.71. The van der Waals surface area contributed by atoms with E-state index in [1.54, 1.807) is 25.1 Å². The van der Waals surface area contributed by atoms with Crippen molar-refractivity contribution in [2.75, 3.05) is 11.9 Å². The van der Waals surface area contributed by atoms with Crippen LogP contribution in [0.2, 0.25) is 0 Å². The number of thiophene rings is 1. The highest BCUT2D eigenvalue weighted by Crippen LogP contribution is 2.38. The molecule has 4 rings (SSSR count). The minimum absolute atomic E-state index is 0.251. The SMILES string of the molecule is CCOC(=O)c1c(NC(=O)C(C)OC(=O)c2ccc3ocnc3c2)sc2c1CCCCC2. The zero-order chi connectivity index (χ0) is 22.7. The Morgan fingerprint density at radius 3 is 2.81 bits per heavy atom. The van der Waals surface area contributed by atoms with E-state index in [4.69, 9.17) is 13.9 Å². The molecule has 0 saturated carbocycles. The molecule has 1 N–H and O–H groups in total. The number of carbonyl (C=O) groups excluding carboxylic acids is 3. The number of nitrogens with one attached hydrogen (secondary N) is 1. The molecule has 1 aliphatic rings. The second-order valence-corrected chi connectivity index (χ2v) is 8.67. The van der Waals surface area contributed by atoms with Gasteiger partial charge in [0.15, 0.2) is 18.1 Å². The van der Waals surface area contributed by atoms with Gasteiger partial charge in [0.05, 0.1) is 17.7 Å². The van der Waals surface area contributed by atoms with Crippen molar-refractivity contribution in [3.05, 3.63) is 46.2 Å². The molecule has 168 valence electrons. The molecule has 1 atom stereocenters. The van der Waals surface area contributed by atoms with Gasteiger partial charge in [-0.15, -0.1) is 11.3 Å². The number of rotatable bonds is 6. The van der Waals surface area contributed by atoms with Gasteiger partial charge in [0.2, 0.25) is 0 Å². The number of carbonyl (C=O) groups is 3. The molecule has 0 saturated heterocycles. The standard InChI is InChI=1S/C23H24N2O6S/c1-3-29-23(28)19-15-7-5-4-6-8-18(15)32-21(19)25-20(26)13(2)31-22(27)14-9-10-17-16(11-14)24-12-30-17/h9-13H,3-8H2,1-2H3,(H,25,26). The molecule has 2 heterocycles. The molecule has 0 aliphatic heterocycles. The van der Waals surface area contributed by atoms with Crippen LogP contribution in [0.15, 0.2) is 29.0 Å². The highest BCUT2D eigenvalue weighted by atomic mass is 32.1. The lowest BCUT2D eigenvalue weighted by Gasteiger charge is -2.14. The number of amides is 1. The fraction of sp³-hybridized carbons (Fsp3) is 0.391. The second-order valence-electron chi connectivity index (χ2n) is 7.56. The number of esters is 2. The van der Waals surface area contributed by atoms with Crippen LogP contribution in [0.5, 0.6) is 0 Å². The molecule has 1 aromatic carbocycles. The maximum atomic E-state index is 12.8. The molecule has 0 spiro atoms. The summed E-state index contributed by atoms with van der Waals surface area (Å²) in [7, 11) is 0. The first-order valence-electron chi connectivity index (χ1n) is 10.6. The summed E-state index contributed by atoms with van der Waals surface area (Å²) in [6.07, 6.45) is 5.04. The molecule has 2 aromatic heterocycles. The van der Waals surface area contributed by atoms with Gasteiger partial charge in [-0.3, -0.25) is 4.79 Å². The fourth-order valence-corrected chi connectivity index (χ4v) is 5.01. The summed E-state index contributed by atoms with van der Waals surface area (Å²) in [4.78, 5) is 43.1. The number of aromatic nitrogens is 1. The van der Waals surface area contributed by atoms with Crippen molar-refractivity contribution in [1.82, 2.24) is 4.98 Å². The van der Waals surface area contributed by atoms with Gasteiger partial charge in [0.1, 0.15) is 10.5 Å². The Bertz CT molecular complexity index is 1160. The van der Waals surface area contributed by atoms with Crippen LogP contribution in [0.4, 0.5) is 5.00 Å². The van der Waals surface area contributed by atoms with E-state index in [0.717, 1.165) is 42.5 Å². The predicted octanol–water partition coefficient (Wildman–Crippen LogP) is 4.52. The predicted molar refractivity (Wildman–Crippen MR) is 119 cm³/mol. The maximum Gasteiger partial charge on any atom is 0.341 e. The Labute approximate surface area is 188 Å². The minimum atomic E-state index is -1.06. The third kappa shape index (κ3) is 4.52. The maximum absolute atomic E-state index is 12.8. The van der Waals surface area contributed by atoms with Gasteiger partial charge in [0.25, 0.3) is 5.91 Å². The van der Waals surface area contributed by atoms with E-state index in [9.17, 15) is 14.4 Å². The molecule has 0 radical (unpaired) electrons. The molecule has 3 aromatic rings. The average molecular weight is 457 g/mol. The molecule has 1 amide bonds. The molecule has 0 bridgehead atoms. The molecule has 1 aliphatic carbocycles. The summed E-state index contributed by atoms with van der Waals surface area (Å²) >= 11 is 1.40. The first-order chi connectivity index (χ1) is 15.5. The van der Waals surface area contributed by atoms with Gasteiger partial charge >= 0.3 is 11.9 Å². The van der Waals surface area contributed by atoms with E-state index >= 15 is 0 Å². The topological polar surface area (TPSA) is 108 Å². The Hall–Kier alpha value is -3.20. The Kier molecular flexibility index (Phi) is 6.55. The van der Waals surface area contributed by atoms with Crippen molar-refractivity contribution in [3.8, 4) is 0 Å². The number of ether oxygens (including phenoxy) is 2. The summed E-state index contributed by atoms with van der Waals surface area (Å²) in [5, 5.41) is 3.23. The smallest absolute Gasteiger partial charge is 0.341 e. The van der Waals surface area contributed by atoms with Gasteiger partial charge in [0, 0.05) is 4.88 Å². The Balaban J connectivity index is 1.50. The quantitative estimate of drug-likeness (QED) is 0.429. The molecule has 8 nitrogen and oxygen atoms in total. The van der Waals surface area contributed by atoms with Crippen molar-refractivity contribution in [2.24, 2.45) is 0 Å². The molecule has 32 heavy (non-hydrogen) atoms. The zero-order valence-corrected chi connectivity index (χ0v) is 18.8. The number of hydrogen-bond acceptors (Lipinski definition) is 8. The number of hydrogen-bond donors (Lipinski definition) is 1. The van der Waals surface area contributed by atoms with E-state index in [0.29, 0.717) is 21.7 Å². The van der Waals surface area contributed by atoms with Crippen molar-refractivity contribution in [1.29, 1.82) is 0 Å². The fourth-order valence-electron chi connectivity index (χ4n) is 3.73. The number of anilines is 1. The molecule has 0 fully saturated rings. The van der Waals surface area contributed by atoms with Crippen LogP contribution in [0.25, 0.3) is 11.1 Å². The van der Waals surface area contributed by atoms with Gasteiger partial charge < -0.3 is 19.2 Å². The van der Waals surface area contributed by atoms with Crippen LogP contribution in [0.1, 0.15) is 64.3 Å². The number of benzene rings is 1. The van der Waals surface area contributed by atoms with E-state index in [1.165, 1.54) is 24.7 Å². The minimum Gasteiger partial charge on any atom is -0.462 e. The third-order valence-electron chi connectivity index (χ3n) is 5.36. The van der Waals surface area contributed by atoms with Crippen LogP contribution < -0.4 is 5.32 Å². The highest BCUT2D eigenvalue weighted by Gasteiger charge is 2.28. The monoisotopic (exact) mass is 456 g/mol. The Morgan fingerprint density at radius 2 is 2.00 bits per heavy atom. The van der Waals surface area contributed by atoms with E-state index < -0.39 is 23.9 Å². The number of oxazole rings is 1. The van der Waals surface area contributed by atoms with E-state index in [2.05, 4.69) is 10.3 Å². The van der Waals surface area contributed by atoms with Gasteiger partial charge in [-0.1, -0.05) is 6.42 Å². The van der Waals surface area contributed by atoms with Crippen molar-refractivity contribution >= 4 is 45.3 Å². The first-order valence-corrected chi connectivity index (χ1v) is 11.5. The molecule has 9 heteroatoms. The number of aryl methyl sites for hydroxylation is 1. The van der Waals surface area contributed by atoms with Gasteiger partial charge in [-0.05, 0) is 63.3 Å². The molecular weight excluding hydrogens is 432 g/mol. The van der Waals surface area contributed by atoms with Crippen LogP contribution in [-0.4, -0.2) is 35.5 Å².